The van der Waals surface area contributed by atoms with Crippen molar-refractivity contribution in [2.45, 2.75) is 11.4 Å². The first-order valence-corrected chi connectivity index (χ1v) is 8.70. The Morgan fingerprint density at radius 2 is 1.75 bits per heavy atom. The van der Waals surface area contributed by atoms with Crippen molar-refractivity contribution >= 4 is 10.0 Å². The molecule has 0 radical (unpaired) electrons. The molecule has 0 aliphatic rings. The molecule has 0 amide bonds. The second-order valence-electron chi connectivity index (χ2n) is 4.90. The van der Waals surface area contributed by atoms with E-state index in [9.17, 15) is 8.42 Å². The fraction of sp³-hybridized carbons (Fsp3) is 0.0588. The highest BCUT2D eigenvalue weighted by molar-refractivity contribution is 7.89. The van der Waals surface area contributed by atoms with E-state index in [1.807, 2.05) is 18.2 Å². The zero-order valence-corrected chi connectivity index (χ0v) is 13.5. The maximum Gasteiger partial charge on any atom is 0.242 e. The lowest BCUT2D eigenvalue weighted by molar-refractivity contribution is 0.455. The van der Waals surface area contributed by atoms with Gasteiger partial charge in [0.15, 0.2) is 0 Å². The zero-order valence-electron chi connectivity index (χ0n) is 12.7. The van der Waals surface area contributed by atoms with Gasteiger partial charge < -0.3 is 4.74 Å². The third kappa shape index (κ3) is 3.95. The van der Waals surface area contributed by atoms with Crippen LogP contribution in [0.15, 0.2) is 78.1 Å². The monoisotopic (exact) mass is 341 g/mol. The summed E-state index contributed by atoms with van der Waals surface area (Å²) in [6.45, 7) is 0.0627. The maximum absolute atomic E-state index is 12.3. The van der Waals surface area contributed by atoms with Crippen LogP contribution >= 0.6 is 0 Å². The molecule has 0 spiro atoms. The zero-order chi connectivity index (χ0) is 16.8. The molecule has 1 aromatic carbocycles. The number of nitrogens with zero attached hydrogens (tertiary/aromatic N) is 2. The molecule has 0 atom stereocenters. The van der Waals surface area contributed by atoms with Gasteiger partial charge in [0.1, 0.15) is 10.6 Å². The minimum absolute atomic E-state index is 0.0627. The van der Waals surface area contributed by atoms with E-state index in [0.29, 0.717) is 17.2 Å². The van der Waals surface area contributed by atoms with E-state index in [4.69, 9.17) is 4.74 Å². The highest BCUT2D eigenvalue weighted by Crippen LogP contribution is 2.22. The number of sulfonamides is 1. The largest absolute Gasteiger partial charge is 0.439 e. The smallest absolute Gasteiger partial charge is 0.242 e. The molecule has 7 heteroatoms. The van der Waals surface area contributed by atoms with E-state index in [-0.39, 0.29) is 11.4 Å². The van der Waals surface area contributed by atoms with Gasteiger partial charge in [-0.25, -0.2) is 18.1 Å². The number of nitrogens with one attached hydrogen (secondary N) is 1. The average Bonchev–Trinajstić information content (AvgIpc) is 2.63. The average molecular weight is 341 g/mol. The Balaban J connectivity index is 1.76. The lowest BCUT2D eigenvalue weighted by Crippen LogP contribution is -2.23. The van der Waals surface area contributed by atoms with Crippen LogP contribution in [-0.4, -0.2) is 18.4 Å². The molecule has 24 heavy (non-hydrogen) atoms. The maximum atomic E-state index is 12.3. The summed E-state index contributed by atoms with van der Waals surface area (Å²) in [6.07, 6.45) is 4.41. The predicted molar refractivity (Wildman–Crippen MR) is 89.0 cm³/mol. The van der Waals surface area contributed by atoms with Crippen molar-refractivity contribution in [3.63, 3.8) is 0 Å². The van der Waals surface area contributed by atoms with Gasteiger partial charge in [-0.2, -0.15) is 0 Å². The summed E-state index contributed by atoms with van der Waals surface area (Å²) in [7, 11) is -3.64. The summed E-state index contributed by atoms with van der Waals surface area (Å²) in [5.41, 5.74) is 0.633. The number of benzene rings is 1. The number of para-hydroxylation sites is 1. The molecule has 2 heterocycles. The van der Waals surface area contributed by atoms with Gasteiger partial charge in [-0.15, -0.1) is 0 Å². The quantitative estimate of drug-likeness (QED) is 0.745. The highest BCUT2D eigenvalue weighted by atomic mass is 32.2. The van der Waals surface area contributed by atoms with E-state index >= 15 is 0 Å². The Hall–Kier alpha value is -2.77. The van der Waals surface area contributed by atoms with Crippen LogP contribution in [-0.2, 0) is 16.6 Å². The molecule has 3 rings (SSSR count). The van der Waals surface area contributed by atoms with Gasteiger partial charge in [0, 0.05) is 30.7 Å². The first-order valence-electron chi connectivity index (χ1n) is 7.22. The van der Waals surface area contributed by atoms with Crippen molar-refractivity contribution in [1.82, 2.24) is 14.7 Å². The van der Waals surface area contributed by atoms with Crippen LogP contribution in [0, 0.1) is 0 Å². The Labute approximate surface area is 140 Å². The minimum Gasteiger partial charge on any atom is -0.439 e. The summed E-state index contributed by atoms with van der Waals surface area (Å²) >= 11 is 0. The number of ether oxygens (including phenoxy) is 1. The lowest BCUT2D eigenvalue weighted by Gasteiger charge is -2.11. The molecule has 3 aromatic rings. The molecule has 0 aliphatic heterocycles. The van der Waals surface area contributed by atoms with Crippen molar-refractivity contribution in [1.29, 1.82) is 0 Å². The Morgan fingerprint density at radius 3 is 2.50 bits per heavy atom. The molecule has 2 aromatic heterocycles. The van der Waals surface area contributed by atoms with Crippen molar-refractivity contribution < 1.29 is 13.2 Å². The molecular formula is C17H15N3O3S. The van der Waals surface area contributed by atoms with Gasteiger partial charge in [-0.1, -0.05) is 24.3 Å². The Bertz CT molecular complexity index is 901. The fourth-order valence-electron chi connectivity index (χ4n) is 2.01. The van der Waals surface area contributed by atoms with Crippen molar-refractivity contribution in [3.8, 4) is 11.6 Å². The van der Waals surface area contributed by atoms with Crippen LogP contribution in [0.3, 0.4) is 0 Å². The molecule has 0 aliphatic carbocycles. The molecular weight excluding hydrogens is 326 g/mol. The second-order valence-corrected chi connectivity index (χ2v) is 6.66. The molecule has 0 saturated carbocycles. The number of hydrogen-bond acceptors (Lipinski definition) is 5. The summed E-state index contributed by atoms with van der Waals surface area (Å²) in [4.78, 5) is 8.11. The topological polar surface area (TPSA) is 81.2 Å². The molecule has 122 valence electrons. The van der Waals surface area contributed by atoms with Gasteiger partial charge in [0.25, 0.3) is 0 Å². The lowest BCUT2D eigenvalue weighted by atomic mass is 10.3. The molecule has 0 bridgehead atoms. The van der Waals surface area contributed by atoms with Crippen LogP contribution in [0.2, 0.25) is 0 Å². The van der Waals surface area contributed by atoms with Gasteiger partial charge >= 0.3 is 0 Å². The first-order chi connectivity index (χ1) is 11.6. The number of hydrogen-bond donors (Lipinski definition) is 1. The third-order valence-corrected chi connectivity index (χ3v) is 4.59. The van der Waals surface area contributed by atoms with Crippen molar-refractivity contribution in [3.05, 3.63) is 78.8 Å². The summed E-state index contributed by atoms with van der Waals surface area (Å²) < 4.78 is 32.8. The summed E-state index contributed by atoms with van der Waals surface area (Å²) in [5, 5.41) is 0. The predicted octanol–water partition coefficient (Wildman–Crippen LogP) is 2.75. The summed E-state index contributed by atoms with van der Waals surface area (Å²) in [5.74, 6) is 0.991. The van der Waals surface area contributed by atoms with Gasteiger partial charge in [-0.05, 0) is 30.3 Å². The molecule has 6 nitrogen and oxygen atoms in total. The van der Waals surface area contributed by atoms with E-state index < -0.39 is 10.0 Å². The highest BCUT2D eigenvalue weighted by Gasteiger charge is 2.15. The van der Waals surface area contributed by atoms with Gasteiger partial charge in [0.05, 0.1) is 0 Å². The van der Waals surface area contributed by atoms with Crippen molar-refractivity contribution in [2.75, 3.05) is 0 Å². The first kappa shape index (κ1) is 16.1. The standard InChI is InChI=1S/C17H15N3O3S/c21-24(22,16-9-5-10-18-13-16)20-12-14-6-4-11-19-17(14)23-15-7-2-1-3-8-15/h1-11,13,20H,12H2. The Kier molecular flexibility index (Phi) is 4.83. The Morgan fingerprint density at radius 1 is 0.958 bits per heavy atom. The SMILES string of the molecule is O=S(=O)(NCc1cccnc1Oc1ccccc1)c1cccnc1. The van der Waals surface area contributed by atoms with Gasteiger partial charge in [-0.3, -0.25) is 4.98 Å². The van der Waals surface area contributed by atoms with E-state index in [2.05, 4.69) is 14.7 Å². The van der Waals surface area contributed by atoms with Crippen LogP contribution in [0.25, 0.3) is 0 Å². The van der Waals surface area contributed by atoms with E-state index in [1.54, 1.807) is 36.5 Å². The number of aromatic nitrogens is 2. The van der Waals surface area contributed by atoms with E-state index in [0.717, 1.165) is 0 Å². The van der Waals surface area contributed by atoms with Gasteiger partial charge in [0.2, 0.25) is 15.9 Å². The minimum atomic E-state index is -3.64. The van der Waals surface area contributed by atoms with Crippen LogP contribution in [0.4, 0.5) is 0 Å². The number of rotatable bonds is 6. The molecule has 1 N–H and O–H groups in total. The molecule has 0 fully saturated rings. The van der Waals surface area contributed by atoms with E-state index in [1.165, 1.54) is 18.5 Å². The third-order valence-electron chi connectivity index (χ3n) is 3.21. The summed E-state index contributed by atoms with van der Waals surface area (Å²) in [6, 6.07) is 15.7. The molecule has 0 saturated heterocycles. The van der Waals surface area contributed by atoms with Crippen LogP contribution in [0.5, 0.6) is 11.6 Å². The second kappa shape index (κ2) is 7.20. The van der Waals surface area contributed by atoms with Crippen LogP contribution < -0.4 is 9.46 Å². The number of pyridine rings is 2. The van der Waals surface area contributed by atoms with Crippen molar-refractivity contribution in [2.24, 2.45) is 0 Å². The normalized spacial score (nSPS) is 11.2. The fourth-order valence-corrected chi connectivity index (χ4v) is 2.98. The molecule has 0 unspecified atom stereocenters. The van der Waals surface area contributed by atoms with Crippen LogP contribution in [0.1, 0.15) is 5.56 Å².